The molecule has 1 aromatic heterocycles. The van der Waals surface area contributed by atoms with Crippen LogP contribution in [0.5, 0.6) is 5.75 Å². The number of aliphatic carboxylic acids is 1. The molecule has 2 aromatic carbocycles. The molecule has 164 valence electrons. The maximum Gasteiger partial charge on any atom is 0.333 e. The van der Waals surface area contributed by atoms with Crippen molar-refractivity contribution >= 4 is 22.6 Å². The number of allylic oxidation sites excluding steroid dienone is 1. The zero-order valence-electron chi connectivity index (χ0n) is 17.3. The Morgan fingerprint density at radius 3 is 2.62 bits per heavy atom. The highest BCUT2D eigenvalue weighted by Gasteiger charge is 2.27. The number of nitrogens with one attached hydrogen (secondary N) is 1. The maximum absolute atomic E-state index is 13.1. The predicted molar refractivity (Wildman–Crippen MR) is 118 cm³/mol. The van der Waals surface area contributed by atoms with E-state index >= 15 is 0 Å². The molecule has 0 saturated heterocycles. The standard InChI is InChI=1S/C25H23FN2O4/c26-23-9-6-19(14-27-23)18-5-8-22(21(13-18)25(31)32)28-24(30)10-2-15-1-3-17-12-20(29)7-4-16(17)11-15/h1,3-4,6-7,9,11-12,14,18,29H,2,5,8,10,13H2,(H,28,30)(H,31,32)/t18-/m0/s1. The minimum Gasteiger partial charge on any atom is -0.508 e. The van der Waals surface area contributed by atoms with E-state index in [2.05, 4.69) is 10.3 Å². The highest BCUT2D eigenvalue weighted by molar-refractivity contribution is 5.90. The first-order chi connectivity index (χ1) is 15.4. The first-order valence-corrected chi connectivity index (χ1v) is 10.5. The van der Waals surface area contributed by atoms with Crippen LogP contribution in [0.4, 0.5) is 4.39 Å². The van der Waals surface area contributed by atoms with E-state index < -0.39 is 11.9 Å². The third-order valence-electron chi connectivity index (χ3n) is 5.86. The molecule has 0 aliphatic heterocycles. The van der Waals surface area contributed by atoms with Gasteiger partial charge >= 0.3 is 5.97 Å². The van der Waals surface area contributed by atoms with Gasteiger partial charge in [-0.2, -0.15) is 4.39 Å². The smallest absolute Gasteiger partial charge is 0.333 e. The number of carboxylic acid groups (broad SMARTS) is 1. The van der Waals surface area contributed by atoms with Crippen molar-refractivity contribution in [1.29, 1.82) is 0 Å². The number of halogens is 1. The molecule has 0 unspecified atom stereocenters. The van der Waals surface area contributed by atoms with Crippen molar-refractivity contribution in [3.63, 3.8) is 0 Å². The summed E-state index contributed by atoms with van der Waals surface area (Å²) in [5.74, 6) is -1.73. The van der Waals surface area contributed by atoms with Crippen LogP contribution in [0.1, 0.15) is 42.7 Å². The van der Waals surface area contributed by atoms with Crippen LogP contribution in [0.3, 0.4) is 0 Å². The van der Waals surface area contributed by atoms with Crippen molar-refractivity contribution < 1.29 is 24.2 Å². The summed E-state index contributed by atoms with van der Waals surface area (Å²) >= 11 is 0. The third kappa shape index (κ3) is 4.94. The lowest BCUT2D eigenvalue weighted by Crippen LogP contribution is -2.29. The SMILES string of the molecule is O=C(CCc1ccc2cc(O)ccc2c1)NC1=C(C(=O)O)C[C@@H](c2ccc(F)nc2)CC1. The lowest BCUT2D eigenvalue weighted by Gasteiger charge is -2.26. The number of fused-ring (bicyclic) bond motifs is 1. The number of rotatable bonds is 6. The zero-order valence-corrected chi connectivity index (χ0v) is 17.3. The lowest BCUT2D eigenvalue weighted by molar-refractivity contribution is -0.133. The molecular formula is C25H23FN2O4. The summed E-state index contributed by atoms with van der Waals surface area (Å²) in [6.07, 6.45) is 3.52. The van der Waals surface area contributed by atoms with Crippen LogP contribution >= 0.6 is 0 Å². The first-order valence-electron chi connectivity index (χ1n) is 10.5. The highest BCUT2D eigenvalue weighted by Crippen LogP contribution is 2.35. The van der Waals surface area contributed by atoms with Gasteiger partial charge in [0.05, 0.1) is 5.57 Å². The lowest BCUT2D eigenvalue weighted by atomic mass is 9.82. The van der Waals surface area contributed by atoms with Crippen molar-refractivity contribution in [1.82, 2.24) is 10.3 Å². The van der Waals surface area contributed by atoms with Crippen LogP contribution in [-0.2, 0) is 16.0 Å². The average molecular weight is 434 g/mol. The summed E-state index contributed by atoms with van der Waals surface area (Å²) in [6, 6.07) is 13.8. The number of carbonyl (C=O) groups excluding carboxylic acids is 1. The van der Waals surface area contributed by atoms with Gasteiger partial charge in [0.1, 0.15) is 5.75 Å². The topological polar surface area (TPSA) is 99.5 Å². The Bertz CT molecular complexity index is 1200. The summed E-state index contributed by atoms with van der Waals surface area (Å²) in [6.45, 7) is 0. The van der Waals surface area contributed by atoms with Crippen LogP contribution in [0, 0.1) is 5.95 Å². The van der Waals surface area contributed by atoms with Crippen molar-refractivity contribution in [2.45, 2.75) is 38.0 Å². The van der Waals surface area contributed by atoms with Gasteiger partial charge in [0, 0.05) is 18.3 Å². The second kappa shape index (κ2) is 9.18. The Balaban J connectivity index is 1.41. The number of aromatic hydroxyl groups is 1. The van der Waals surface area contributed by atoms with E-state index in [0.717, 1.165) is 21.9 Å². The number of phenolic OH excluding ortho intramolecular Hbond substituents is 1. The molecule has 32 heavy (non-hydrogen) atoms. The number of nitrogens with zero attached hydrogens (tertiary/aromatic N) is 1. The molecule has 3 N–H and O–H groups in total. The van der Waals surface area contributed by atoms with E-state index in [1.807, 2.05) is 24.3 Å². The first kappa shape index (κ1) is 21.5. The fourth-order valence-corrected chi connectivity index (χ4v) is 4.14. The predicted octanol–water partition coefficient (Wildman–Crippen LogP) is 4.43. The van der Waals surface area contributed by atoms with E-state index in [1.54, 1.807) is 18.2 Å². The number of hydrogen-bond acceptors (Lipinski definition) is 4. The molecule has 1 heterocycles. The number of carbonyl (C=O) groups is 2. The molecule has 0 fully saturated rings. The molecule has 4 rings (SSSR count). The molecule has 1 amide bonds. The van der Waals surface area contributed by atoms with Gasteiger partial charge in [-0.1, -0.05) is 30.3 Å². The zero-order chi connectivity index (χ0) is 22.7. The van der Waals surface area contributed by atoms with Crippen LogP contribution in [-0.4, -0.2) is 27.1 Å². The number of pyridine rings is 1. The molecule has 1 aliphatic carbocycles. The van der Waals surface area contributed by atoms with E-state index in [0.29, 0.717) is 25.0 Å². The number of aryl methyl sites for hydroxylation is 1. The summed E-state index contributed by atoms with van der Waals surface area (Å²) in [4.78, 5) is 28.0. The Labute approximate surface area is 184 Å². The summed E-state index contributed by atoms with van der Waals surface area (Å²) in [7, 11) is 0. The van der Waals surface area contributed by atoms with E-state index in [-0.39, 0.29) is 36.0 Å². The van der Waals surface area contributed by atoms with Crippen LogP contribution in [0.25, 0.3) is 10.8 Å². The molecule has 0 spiro atoms. The minimum atomic E-state index is -1.06. The fraction of sp³-hybridized carbons (Fsp3) is 0.240. The van der Waals surface area contributed by atoms with E-state index in [9.17, 15) is 24.2 Å². The largest absolute Gasteiger partial charge is 0.508 e. The molecule has 1 aliphatic rings. The Morgan fingerprint density at radius 2 is 1.88 bits per heavy atom. The van der Waals surface area contributed by atoms with Gasteiger partial charge in [0.2, 0.25) is 11.9 Å². The molecular weight excluding hydrogens is 411 g/mol. The van der Waals surface area contributed by atoms with E-state index in [4.69, 9.17) is 0 Å². The van der Waals surface area contributed by atoms with Gasteiger partial charge in [-0.05, 0) is 71.7 Å². The van der Waals surface area contributed by atoms with E-state index in [1.165, 1.54) is 12.3 Å². The molecule has 7 heteroatoms. The summed E-state index contributed by atoms with van der Waals surface area (Å²) in [5.41, 5.74) is 2.41. The second-order valence-electron chi connectivity index (χ2n) is 8.03. The number of aromatic nitrogens is 1. The maximum atomic E-state index is 13.1. The van der Waals surface area contributed by atoms with Crippen molar-refractivity contribution in [3.8, 4) is 5.75 Å². The quantitative estimate of drug-likeness (QED) is 0.498. The fourth-order valence-electron chi connectivity index (χ4n) is 4.14. The molecule has 0 saturated carbocycles. The van der Waals surface area contributed by atoms with Gasteiger partial charge in [-0.25, -0.2) is 9.78 Å². The van der Waals surface area contributed by atoms with Gasteiger partial charge in [-0.3, -0.25) is 4.79 Å². The highest BCUT2D eigenvalue weighted by atomic mass is 19.1. The van der Waals surface area contributed by atoms with Crippen LogP contribution < -0.4 is 5.32 Å². The third-order valence-corrected chi connectivity index (χ3v) is 5.86. The number of phenols is 1. The molecule has 0 radical (unpaired) electrons. The molecule has 6 nitrogen and oxygen atoms in total. The van der Waals surface area contributed by atoms with Gasteiger partial charge in [0.25, 0.3) is 0 Å². The number of amides is 1. The van der Waals surface area contributed by atoms with Crippen molar-refractivity contribution in [2.24, 2.45) is 0 Å². The van der Waals surface area contributed by atoms with Crippen LogP contribution in [0.2, 0.25) is 0 Å². The number of hydrogen-bond donors (Lipinski definition) is 3. The Morgan fingerprint density at radius 1 is 1.09 bits per heavy atom. The molecule has 1 atom stereocenters. The minimum absolute atomic E-state index is 0.0770. The van der Waals surface area contributed by atoms with Crippen molar-refractivity contribution in [2.75, 3.05) is 0 Å². The number of carboxylic acids is 1. The normalized spacial score (nSPS) is 16.2. The molecule has 3 aromatic rings. The average Bonchev–Trinajstić information content (AvgIpc) is 2.78. The van der Waals surface area contributed by atoms with Gasteiger partial charge in [0.15, 0.2) is 0 Å². The van der Waals surface area contributed by atoms with Gasteiger partial charge < -0.3 is 15.5 Å². The summed E-state index contributed by atoms with van der Waals surface area (Å²) in [5, 5.41) is 23.9. The molecule has 0 bridgehead atoms. The van der Waals surface area contributed by atoms with Gasteiger partial charge in [-0.15, -0.1) is 0 Å². The number of benzene rings is 2. The Kier molecular flexibility index (Phi) is 6.16. The monoisotopic (exact) mass is 434 g/mol. The summed E-state index contributed by atoms with van der Waals surface area (Å²) < 4.78 is 13.1. The second-order valence-corrected chi connectivity index (χ2v) is 8.03. The van der Waals surface area contributed by atoms with Crippen molar-refractivity contribution in [3.05, 3.63) is 83.1 Å². The van der Waals surface area contributed by atoms with Crippen LogP contribution in [0.15, 0.2) is 66.0 Å². The Hall–Kier alpha value is -3.74.